The SMILES string of the molecule is COc1cc(Cl)c(C)cc1Nc1cc(C)nc(Nc2cccc(C#N)c2)n1. The van der Waals surface area contributed by atoms with Crippen molar-refractivity contribution in [1.82, 2.24) is 9.97 Å². The van der Waals surface area contributed by atoms with E-state index in [1.54, 1.807) is 31.4 Å². The second kappa shape index (κ2) is 7.94. The summed E-state index contributed by atoms with van der Waals surface area (Å²) in [5.41, 5.74) is 3.78. The number of rotatable bonds is 5. The number of aryl methyl sites for hydroxylation is 2. The average molecular weight is 380 g/mol. The molecule has 1 aromatic heterocycles. The molecule has 0 unspecified atom stereocenters. The Kier molecular flexibility index (Phi) is 5.43. The number of anilines is 4. The summed E-state index contributed by atoms with van der Waals surface area (Å²) in [7, 11) is 1.59. The summed E-state index contributed by atoms with van der Waals surface area (Å²) in [4.78, 5) is 8.91. The van der Waals surface area contributed by atoms with Gasteiger partial charge in [0, 0.05) is 28.5 Å². The van der Waals surface area contributed by atoms with Gasteiger partial charge in [0.2, 0.25) is 5.95 Å². The van der Waals surface area contributed by atoms with Crippen molar-refractivity contribution in [1.29, 1.82) is 5.26 Å². The van der Waals surface area contributed by atoms with E-state index in [0.717, 1.165) is 22.6 Å². The molecule has 0 aliphatic heterocycles. The van der Waals surface area contributed by atoms with E-state index < -0.39 is 0 Å². The van der Waals surface area contributed by atoms with Gasteiger partial charge in [-0.1, -0.05) is 17.7 Å². The van der Waals surface area contributed by atoms with Gasteiger partial charge in [0.05, 0.1) is 24.4 Å². The van der Waals surface area contributed by atoms with Gasteiger partial charge >= 0.3 is 0 Å². The Morgan fingerprint density at radius 3 is 2.63 bits per heavy atom. The minimum atomic E-state index is 0.428. The summed E-state index contributed by atoms with van der Waals surface area (Å²) in [5, 5.41) is 16.0. The van der Waals surface area contributed by atoms with E-state index in [1.165, 1.54) is 0 Å². The third kappa shape index (κ3) is 4.46. The van der Waals surface area contributed by atoms with Gasteiger partial charge in [0.15, 0.2) is 0 Å². The molecule has 2 N–H and O–H groups in total. The number of nitrogens with zero attached hydrogens (tertiary/aromatic N) is 3. The normalized spacial score (nSPS) is 10.2. The van der Waals surface area contributed by atoms with Crippen molar-refractivity contribution < 1.29 is 4.74 Å². The van der Waals surface area contributed by atoms with Crippen LogP contribution < -0.4 is 15.4 Å². The first-order valence-corrected chi connectivity index (χ1v) is 8.60. The molecule has 1 heterocycles. The van der Waals surface area contributed by atoms with Gasteiger partial charge in [0.1, 0.15) is 11.6 Å². The van der Waals surface area contributed by atoms with Crippen LogP contribution in [0.2, 0.25) is 5.02 Å². The number of nitrogens with one attached hydrogen (secondary N) is 2. The van der Waals surface area contributed by atoms with E-state index in [0.29, 0.717) is 28.1 Å². The van der Waals surface area contributed by atoms with Gasteiger partial charge in [-0.3, -0.25) is 0 Å². The number of ether oxygens (including phenoxy) is 1. The van der Waals surface area contributed by atoms with Crippen molar-refractivity contribution in [3.05, 3.63) is 64.3 Å². The molecule has 6 nitrogen and oxygen atoms in total. The summed E-state index contributed by atoms with van der Waals surface area (Å²) in [6.07, 6.45) is 0. The minimum Gasteiger partial charge on any atom is -0.495 e. The molecular weight excluding hydrogens is 362 g/mol. The van der Waals surface area contributed by atoms with E-state index in [9.17, 15) is 0 Å². The average Bonchev–Trinajstić information content (AvgIpc) is 2.64. The van der Waals surface area contributed by atoms with Crippen molar-refractivity contribution in [2.24, 2.45) is 0 Å². The second-order valence-electron chi connectivity index (χ2n) is 5.96. The highest BCUT2D eigenvalue weighted by molar-refractivity contribution is 6.31. The molecule has 0 aliphatic rings. The lowest BCUT2D eigenvalue weighted by molar-refractivity contribution is 0.416. The largest absolute Gasteiger partial charge is 0.495 e. The smallest absolute Gasteiger partial charge is 0.229 e. The molecule has 136 valence electrons. The third-order valence-electron chi connectivity index (χ3n) is 3.85. The van der Waals surface area contributed by atoms with E-state index >= 15 is 0 Å². The van der Waals surface area contributed by atoms with Crippen molar-refractivity contribution in [3.8, 4) is 11.8 Å². The molecule has 0 amide bonds. The zero-order valence-electron chi connectivity index (χ0n) is 15.2. The van der Waals surface area contributed by atoms with Crippen LogP contribution in [0.5, 0.6) is 5.75 Å². The molecule has 2 aromatic carbocycles. The molecular formula is C20H18ClN5O. The van der Waals surface area contributed by atoms with Gasteiger partial charge < -0.3 is 15.4 Å². The van der Waals surface area contributed by atoms with E-state index in [4.69, 9.17) is 21.6 Å². The molecule has 3 aromatic rings. The molecule has 0 radical (unpaired) electrons. The van der Waals surface area contributed by atoms with Gasteiger partial charge in [-0.05, 0) is 43.7 Å². The second-order valence-corrected chi connectivity index (χ2v) is 6.37. The Labute approximate surface area is 162 Å². The van der Waals surface area contributed by atoms with Gasteiger partial charge in [-0.15, -0.1) is 0 Å². The van der Waals surface area contributed by atoms with Gasteiger partial charge in [0.25, 0.3) is 0 Å². The number of benzene rings is 2. The van der Waals surface area contributed by atoms with Crippen LogP contribution in [0.4, 0.5) is 23.1 Å². The molecule has 0 saturated heterocycles. The first-order chi connectivity index (χ1) is 13.0. The molecule has 0 spiro atoms. The van der Waals surface area contributed by atoms with Crippen molar-refractivity contribution in [3.63, 3.8) is 0 Å². The molecule has 0 aliphatic carbocycles. The highest BCUT2D eigenvalue weighted by atomic mass is 35.5. The fourth-order valence-electron chi connectivity index (χ4n) is 2.55. The quantitative estimate of drug-likeness (QED) is 0.640. The Hall–Kier alpha value is -3.30. The lowest BCUT2D eigenvalue weighted by Crippen LogP contribution is -2.03. The van der Waals surface area contributed by atoms with Gasteiger partial charge in [-0.2, -0.15) is 10.2 Å². The molecule has 0 atom stereocenters. The van der Waals surface area contributed by atoms with E-state index in [1.807, 2.05) is 32.0 Å². The predicted octanol–water partition coefficient (Wildman–Crippen LogP) is 5.11. The van der Waals surface area contributed by atoms with Crippen LogP contribution in [-0.2, 0) is 0 Å². The Morgan fingerprint density at radius 2 is 1.89 bits per heavy atom. The van der Waals surface area contributed by atoms with Crippen LogP contribution >= 0.6 is 11.6 Å². The maximum atomic E-state index is 9.03. The number of halogens is 1. The monoisotopic (exact) mass is 379 g/mol. The highest BCUT2D eigenvalue weighted by Crippen LogP contribution is 2.33. The maximum absolute atomic E-state index is 9.03. The molecule has 7 heteroatoms. The Balaban J connectivity index is 1.90. The Bertz CT molecular complexity index is 1030. The summed E-state index contributed by atoms with van der Waals surface area (Å²) >= 11 is 6.17. The van der Waals surface area contributed by atoms with Crippen molar-refractivity contribution in [2.45, 2.75) is 13.8 Å². The third-order valence-corrected chi connectivity index (χ3v) is 4.25. The summed E-state index contributed by atoms with van der Waals surface area (Å²) < 4.78 is 5.40. The van der Waals surface area contributed by atoms with Crippen LogP contribution in [0, 0.1) is 25.2 Å². The zero-order valence-corrected chi connectivity index (χ0v) is 15.9. The number of hydrogen-bond donors (Lipinski definition) is 2. The van der Waals surface area contributed by atoms with E-state index in [-0.39, 0.29) is 0 Å². The number of nitriles is 1. The zero-order chi connectivity index (χ0) is 19.4. The fraction of sp³-hybridized carbons (Fsp3) is 0.150. The van der Waals surface area contributed by atoms with Crippen LogP contribution in [0.1, 0.15) is 16.8 Å². The molecule has 27 heavy (non-hydrogen) atoms. The van der Waals surface area contributed by atoms with Crippen molar-refractivity contribution in [2.75, 3.05) is 17.7 Å². The number of hydrogen-bond acceptors (Lipinski definition) is 6. The fourth-order valence-corrected chi connectivity index (χ4v) is 2.71. The summed E-state index contributed by atoms with van der Waals surface area (Å²) in [5.74, 6) is 1.66. The molecule has 3 rings (SSSR count). The standard InChI is InChI=1S/C20H18ClN5O/c1-12-7-17(18(27-3)10-16(12)21)25-19-8-13(2)23-20(26-19)24-15-6-4-5-14(9-15)11-22/h4-10H,1-3H3,(H2,23,24,25,26). The summed E-state index contributed by atoms with van der Waals surface area (Å²) in [6, 6.07) is 14.8. The summed E-state index contributed by atoms with van der Waals surface area (Å²) in [6.45, 7) is 3.81. The van der Waals surface area contributed by atoms with Crippen LogP contribution in [-0.4, -0.2) is 17.1 Å². The highest BCUT2D eigenvalue weighted by Gasteiger charge is 2.10. The van der Waals surface area contributed by atoms with Crippen LogP contribution in [0.15, 0.2) is 42.5 Å². The van der Waals surface area contributed by atoms with Crippen molar-refractivity contribution >= 4 is 34.7 Å². The molecule has 0 saturated carbocycles. The Morgan fingerprint density at radius 1 is 1.07 bits per heavy atom. The predicted molar refractivity (Wildman–Crippen MR) is 107 cm³/mol. The maximum Gasteiger partial charge on any atom is 0.229 e. The minimum absolute atomic E-state index is 0.428. The van der Waals surface area contributed by atoms with E-state index in [2.05, 4.69) is 26.7 Å². The van der Waals surface area contributed by atoms with Gasteiger partial charge in [-0.25, -0.2) is 4.98 Å². The first kappa shape index (κ1) is 18.5. The molecule has 0 bridgehead atoms. The first-order valence-electron chi connectivity index (χ1n) is 8.22. The number of aromatic nitrogens is 2. The lowest BCUT2D eigenvalue weighted by Gasteiger charge is -2.14. The van der Waals surface area contributed by atoms with Crippen LogP contribution in [0.3, 0.4) is 0 Å². The topological polar surface area (TPSA) is 82.9 Å². The lowest BCUT2D eigenvalue weighted by atomic mass is 10.2. The molecule has 0 fully saturated rings. The van der Waals surface area contributed by atoms with Crippen LogP contribution in [0.25, 0.3) is 0 Å². The number of methoxy groups -OCH3 is 1.